The predicted octanol–water partition coefficient (Wildman–Crippen LogP) is 5.23. The molecule has 40 heavy (non-hydrogen) atoms. The molecule has 2 atom stereocenters. The number of nitrogens with one attached hydrogen (secondary N) is 2. The summed E-state index contributed by atoms with van der Waals surface area (Å²) in [5, 5.41) is 7.40. The fraction of sp³-hybridized carbons (Fsp3) is 0.333. The molecule has 0 spiro atoms. The van der Waals surface area contributed by atoms with Crippen LogP contribution < -0.4 is 20.2 Å². The van der Waals surface area contributed by atoms with Gasteiger partial charge < -0.3 is 19.5 Å². The van der Waals surface area contributed by atoms with Crippen LogP contribution >= 0.6 is 11.3 Å². The van der Waals surface area contributed by atoms with E-state index in [0.29, 0.717) is 33.5 Å². The average molecular weight is 564 g/mol. The highest BCUT2D eigenvalue weighted by Gasteiger charge is 2.29. The number of hydrazone groups is 1. The second-order valence-electron chi connectivity index (χ2n) is 9.53. The van der Waals surface area contributed by atoms with E-state index in [1.54, 1.807) is 51.3 Å². The summed E-state index contributed by atoms with van der Waals surface area (Å²) in [4.78, 5) is 39.3. The predicted molar refractivity (Wildman–Crippen MR) is 155 cm³/mol. The molecule has 4 rings (SSSR count). The second-order valence-corrected chi connectivity index (χ2v) is 10.6. The molecule has 0 saturated heterocycles. The van der Waals surface area contributed by atoms with Gasteiger partial charge in [-0.25, -0.2) is 10.2 Å². The van der Waals surface area contributed by atoms with Crippen LogP contribution in [0.2, 0.25) is 0 Å². The Morgan fingerprint density at radius 3 is 2.65 bits per heavy atom. The highest BCUT2D eigenvalue weighted by atomic mass is 32.1. The number of esters is 1. The topological polar surface area (TPSA) is 115 Å². The first kappa shape index (κ1) is 28.8. The lowest BCUT2D eigenvalue weighted by Crippen LogP contribution is -2.33. The number of carbonyl (C=O) groups is 3. The lowest BCUT2D eigenvalue weighted by molar-refractivity contribution is -0.127. The van der Waals surface area contributed by atoms with Crippen molar-refractivity contribution in [1.82, 2.24) is 5.43 Å². The Bertz CT molecular complexity index is 1400. The summed E-state index contributed by atoms with van der Waals surface area (Å²) in [6.45, 7) is 5.82. The zero-order chi connectivity index (χ0) is 28.6. The van der Waals surface area contributed by atoms with Crippen molar-refractivity contribution in [3.05, 3.63) is 75.7 Å². The van der Waals surface area contributed by atoms with E-state index in [2.05, 4.69) is 22.8 Å². The Labute approximate surface area is 237 Å². The number of hydrogen-bond donors (Lipinski definition) is 2. The van der Waals surface area contributed by atoms with Gasteiger partial charge in [0.2, 0.25) is 0 Å². The Morgan fingerprint density at radius 1 is 1.15 bits per heavy atom. The van der Waals surface area contributed by atoms with Crippen LogP contribution in [0.1, 0.15) is 63.9 Å². The maximum Gasteiger partial charge on any atom is 0.341 e. The molecule has 2 aromatic carbocycles. The summed E-state index contributed by atoms with van der Waals surface area (Å²) in [6, 6.07) is 13.7. The number of ether oxygens (including phenoxy) is 3. The van der Waals surface area contributed by atoms with Gasteiger partial charge in [-0.15, -0.1) is 11.3 Å². The van der Waals surface area contributed by atoms with Gasteiger partial charge in [-0.05, 0) is 86.6 Å². The molecule has 2 N–H and O–H groups in total. The Hall–Kier alpha value is -4.18. The van der Waals surface area contributed by atoms with Crippen LogP contribution in [0.4, 0.5) is 5.00 Å². The van der Waals surface area contributed by atoms with Crippen molar-refractivity contribution in [3.63, 3.8) is 0 Å². The smallest absolute Gasteiger partial charge is 0.341 e. The molecule has 0 radical (unpaired) electrons. The molecule has 9 nitrogen and oxygen atoms in total. The van der Waals surface area contributed by atoms with Crippen molar-refractivity contribution >= 4 is 40.3 Å². The van der Waals surface area contributed by atoms with E-state index >= 15 is 0 Å². The molecule has 10 heteroatoms. The molecule has 3 aromatic rings. The number of carbonyl (C=O) groups excluding carboxylic acids is 3. The fourth-order valence-electron chi connectivity index (χ4n) is 4.36. The highest BCUT2D eigenvalue weighted by molar-refractivity contribution is 7.17. The summed E-state index contributed by atoms with van der Waals surface area (Å²) >= 11 is 1.44. The number of amides is 2. The molecule has 1 aliphatic rings. The maximum absolute atomic E-state index is 13.1. The molecule has 1 aromatic heterocycles. The lowest BCUT2D eigenvalue weighted by atomic mass is 9.88. The lowest BCUT2D eigenvalue weighted by Gasteiger charge is -2.18. The van der Waals surface area contributed by atoms with Gasteiger partial charge in [-0.1, -0.05) is 19.1 Å². The van der Waals surface area contributed by atoms with Crippen molar-refractivity contribution in [1.29, 1.82) is 0 Å². The molecule has 2 amide bonds. The van der Waals surface area contributed by atoms with Gasteiger partial charge in [-0.2, -0.15) is 5.10 Å². The third-order valence-electron chi connectivity index (χ3n) is 6.50. The highest BCUT2D eigenvalue weighted by Crippen LogP contribution is 2.40. The van der Waals surface area contributed by atoms with Crippen molar-refractivity contribution in [2.24, 2.45) is 11.0 Å². The SMILES string of the molecule is CCOC(=O)c1c(NC(=O)c2ccc(O[C@H](C)C(=O)N/N=C\c3cccc(OC)c3)cc2)sc2c1CC[C@H](C)C2. The quantitative estimate of drug-likeness (QED) is 0.198. The summed E-state index contributed by atoms with van der Waals surface area (Å²) < 4.78 is 16.2. The van der Waals surface area contributed by atoms with Gasteiger partial charge in [0.15, 0.2) is 6.10 Å². The molecule has 0 saturated carbocycles. The van der Waals surface area contributed by atoms with Crippen LogP contribution in [0.5, 0.6) is 11.5 Å². The molecule has 0 fully saturated rings. The minimum atomic E-state index is -0.825. The number of thiophene rings is 1. The number of methoxy groups -OCH3 is 1. The van der Waals surface area contributed by atoms with Gasteiger partial charge in [0.1, 0.15) is 16.5 Å². The van der Waals surface area contributed by atoms with Crippen LogP contribution in [0.15, 0.2) is 53.6 Å². The molecule has 210 valence electrons. The Morgan fingerprint density at radius 2 is 1.93 bits per heavy atom. The van der Waals surface area contributed by atoms with Gasteiger partial charge in [0, 0.05) is 10.4 Å². The summed E-state index contributed by atoms with van der Waals surface area (Å²) in [5.41, 5.74) is 5.07. The van der Waals surface area contributed by atoms with E-state index in [9.17, 15) is 14.4 Å². The first-order valence-electron chi connectivity index (χ1n) is 13.2. The van der Waals surface area contributed by atoms with Gasteiger partial charge in [-0.3, -0.25) is 9.59 Å². The first-order chi connectivity index (χ1) is 19.3. The van der Waals surface area contributed by atoms with E-state index in [1.807, 2.05) is 18.2 Å². The van der Waals surface area contributed by atoms with E-state index < -0.39 is 18.0 Å². The minimum absolute atomic E-state index is 0.264. The van der Waals surface area contributed by atoms with Gasteiger partial charge in [0.05, 0.1) is 25.5 Å². The molecule has 0 unspecified atom stereocenters. The molecule has 1 aliphatic carbocycles. The van der Waals surface area contributed by atoms with Crippen molar-refractivity contribution in [3.8, 4) is 11.5 Å². The molecular formula is C30H33N3O6S. The molecular weight excluding hydrogens is 530 g/mol. The van der Waals surface area contributed by atoms with Crippen molar-refractivity contribution in [2.75, 3.05) is 19.0 Å². The maximum atomic E-state index is 13.1. The van der Waals surface area contributed by atoms with E-state index in [4.69, 9.17) is 14.2 Å². The number of hydrogen-bond acceptors (Lipinski definition) is 8. The van der Waals surface area contributed by atoms with E-state index in [0.717, 1.165) is 35.3 Å². The zero-order valence-corrected chi connectivity index (χ0v) is 23.8. The number of fused-ring (bicyclic) bond motifs is 1. The van der Waals surface area contributed by atoms with E-state index in [1.165, 1.54) is 17.6 Å². The summed E-state index contributed by atoms with van der Waals surface area (Å²) in [7, 11) is 1.58. The molecule has 0 aliphatic heterocycles. The number of anilines is 1. The van der Waals surface area contributed by atoms with E-state index in [-0.39, 0.29) is 12.5 Å². The summed E-state index contributed by atoms with van der Waals surface area (Å²) in [6.07, 6.45) is 3.36. The fourth-order valence-corrected chi connectivity index (χ4v) is 5.75. The van der Waals surface area contributed by atoms with Crippen LogP contribution in [0.3, 0.4) is 0 Å². The Balaban J connectivity index is 1.37. The zero-order valence-electron chi connectivity index (χ0n) is 23.0. The normalized spacial score (nSPS) is 15.2. The Kier molecular flexibility index (Phi) is 9.55. The standard InChI is InChI=1S/C30H33N3O6S/c1-5-38-30(36)26-24-14-9-18(2)15-25(24)40-29(26)32-28(35)21-10-12-22(13-11-21)39-19(3)27(34)33-31-17-20-7-6-8-23(16-20)37-4/h6-8,10-13,16-19H,5,9,14-15H2,1-4H3,(H,32,35)(H,33,34)/b31-17-/t18-,19+/m0/s1. The second kappa shape index (κ2) is 13.3. The van der Waals surface area contributed by atoms with Gasteiger partial charge >= 0.3 is 5.97 Å². The van der Waals surface area contributed by atoms with Crippen molar-refractivity contribution < 1.29 is 28.6 Å². The number of nitrogens with zero attached hydrogens (tertiary/aromatic N) is 1. The summed E-state index contributed by atoms with van der Waals surface area (Å²) in [5.74, 6) is 0.455. The first-order valence-corrected chi connectivity index (χ1v) is 14.0. The average Bonchev–Trinajstić information content (AvgIpc) is 3.30. The third-order valence-corrected chi connectivity index (χ3v) is 7.67. The van der Waals surface area contributed by atoms with Crippen LogP contribution in [0.25, 0.3) is 0 Å². The number of benzene rings is 2. The van der Waals surface area contributed by atoms with Crippen LogP contribution in [-0.2, 0) is 22.4 Å². The third kappa shape index (κ3) is 7.06. The minimum Gasteiger partial charge on any atom is -0.497 e. The monoisotopic (exact) mass is 563 g/mol. The van der Waals surface area contributed by atoms with Gasteiger partial charge in [0.25, 0.3) is 11.8 Å². The molecule has 0 bridgehead atoms. The van der Waals surface area contributed by atoms with Crippen LogP contribution in [-0.4, -0.2) is 43.8 Å². The van der Waals surface area contributed by atoms with Crippen molar-refractivity contribution in [2.45, 2.75) is 46.1 Å². The number of rotatable bonds is 10. The largest absolute Gasteiger partial charge is 0.497 e. The van der Waals surface area contributed by atoms with Crippen LogP contribution in [0, 0.1) is 5.92 Å². The molecule has 1 heterocycles.